The van der Waals surface area contributed by atoms with Gasteiger partial charge in [0.05, 0.1) is 17.9 Å². The van der Waals surface area contributed by atoms with Crippen molar-refractivity contribution in [3.05, 3.63) is 65.2 Å². The van der Waals surface area contributed by atoms with Crippen molar-refractivity contribution in [2.75, 3.05) is 6.54 Å². The third-order valence-electron chi connectivity index (χ3n) is 3.37. The van der Waals surface area contributed by atoms with Gasteiger partial charge in [0.2, 0.25) is 0 Å². The van der Waals surface area contributed by atoms with Crippen molar-refractivity contribution < 1.29 is 4.39 Å². The molecule has 0 aliphatic rings. The number of nitrogens with zero attached hydrogens (tertiary/aromatic N) is 1. The molecule has 2 aromatic rings. The van der Waals surface area contributed by atoms with E-state index in [2.05, 4.69) is 48.4 Å². The molecule has 1 heterocycles. The molecule has 2 rings (SSSR count). The lowest BCUT2D eigenvalue weighted by atomic mass is 10.0. The first-order valence-corrected chi connectivity index (χ1v) is 7.18. The van der Waals surface area contributed by atoms with E-state index in [-0.39, 0.29) is 11.9 Å². The van der Waals surface area contributed by atoms with Crippen LogP contribution >= 0.6 is 0 Å². The van der Waals surface area contributed by atoms with Crippen molar-refractivity contribution in [3.63, 3.8) is 0 Å². The summed E-state index contributed by atoms with van der Waals surface area (Å²) in [5.41, 5.74) is 3.33. The third kappa shape index (κ3) is 3.64. The summed E-state index contributed by atoms with van der Waals surface area (Å²) in [6, 6.07) is 11.7. The molecule has 1 aromatic carbocycles. The van der Waals surface area contributed by atoms with Gasteiger partial charge in [0.25, 0.3) is 0 Å². The highest BCUT2D eigenvalue weighted by Crippen LogP contribution is 2.21. The molecule has 3 heteroatoms. The second-order valence-corrected chi connectivity index (χ2v) is 4.88. The highest BCUT2D eigenvalue weighted by molar-refractivity contribution is 5.30. The van der Waals surface area contributed by atoms with Gasteiger partial charge in [-0.1, -0.05) is 38.1 Å². The summed E-state index contributed by atoms with van der Waals surface area (Å²) < 4.78 is 13.0. The molecule has 1 N–H and O–H groups in total. The number of hydrogen-bond acceptors (Lipinski definition) is 2. The molecule has 0 bridgehead atoms. The monoisotopic (exact) mass is 272 g/mol. The number of hydrogen-bond donors (Lipinski definition) is 1. The molecular formula is C17H21FN2. The maximum absolute atomic E-state index is 13.0. The Labute approximate surface area is 120 Å². The lowest BCUT2D eigenvalue weighted by Gasteiger charge is -2.19. The van der Waals surface area contributed by atoms with Crippen LogP contribution in [0, 0.1) is 5.82 Å². The molecule has 0 aliphatic carbocycles. The molecule has 106 valence electrons. The van der Waals surface area contributed by atoms with Crippen molar-refractivity contribution in [1.82, 2.24) is 10.3 Å². The van der Waals surface area contributed by atoms with E-state index in [0.29, 0.717) is 0 Å². The fourth-order valence-corrected chi connectivity index (χ4v) is 2.19. The Morgan fingerprint density at radius 2 is 1.85 bits per heavy atom. The summed E-state index contributed by atoms with van der Waals surface area (Å²) in [4.78, 5) is 4.21. The van der Waals surface area contributed by atoms with Crippen LogP contribution in [0.1, 0.15) is 43.1 Å². The minimum absolute atomic E-state index is 0.0152. The number of aromatic nitrogens is 1. The Morgan fingerprint density at radius 3 is 2.40 bits per heavy atom. The fraction of sp³-hybridized carbons (Fsp3) is 0.353. The maximum atomic E-state index is 13.0. The minimum Gasteiger partial charge on any atom is -0.305 e. The van der Waals surface area contributed by atoms with Gasteiger partial charge < -0.3 is 5.32 Å². The van der Waals surface area contributed by atoms with E-state index < -0.39 is 0 Å². The zero-order valence-electron chi connectivity index (χ0n) is 12.1. The fourth-order valence-electron chi connectivity index (χ4n) is 2.19. The minimum atomic E-state index is -0.302. The van der Waals surface area contributed by atoms with Crippen LogP contribution in [0.4, 0.5) is 4.39 Å². The van der Waals surface area contributed by atoms with E-state index in [4.69, 9.17) is 0 Å². The molecular weight excluding hydrogens is 251 g/mol. The number of halogens is 1. The van der Waals surface area contributed by atoms with Crippen LogP contribution in [-0.2, 0) is 6.42 Å². The first-order valence-electron chi connectivity index (χ1n) is 7.18. The van der Waals surface area contributed by atoms with Crippen LogP contribution in [0.25, 0.3) is 0 Å². The Morgan fingerprint density at radius 1 is 1.10 bits per heavy atom. The molecule has 0 spiro atoms. The number of benzene rings is 1. The van der Waals surface area contributed by atoms with Crippen molar-refractivity contribution in [3.8, 4) is 0 Å². The summed E-state index contributed by atoms with van der Waals surface area (Å²) in [7, 11) is 0. The average Bonchev–Trinajstić information content (AvgIpc) is 2.50. The smallest absolute Gasteiger partial charge is 0.141 e. The van der Waals surface area contributed by atoms with Crippen molar-refractivity contribution in [1.29, 1.82) is 0 Å². The number of aryl methyl sites for hydroxylation is 1. The van der Waals surface area contributed by atoms with Crippen LogP contribution in [0.3, 0.4) is 0 Å². The van der Waals surface area contributed by atoms with Crippen LogP contribution in [0.2, 0.25) is 0 Å². The number of rotatable bonds is 6. The van der Waals surface area contributed by atoms with Gasteiger partial charge in [-0.3, -0.25) is 4.98 Å². The first-order chi connectivity index (χ1) is 9.74. The number of nitrogens with one attached hydrogen (secondary N) is 1. The lowest BCUT2D eigenvalue weighted by molar-refractivity contribution is 0.576. The summed E-state index contributed by atoms with van der Waals surface area (Å²) >= 11 is 0. The molecule has 20 heavy (non-hydrogen) atoms. The van der Waals surface area contributed by atoms with Gasteiger partial charge >= 0.3 is 0 Å². The zero-order valence-corrected chi connectivity index (χ0v) is 12.1. The van der Waals surface area contributed by atoms with Gasteiger partial charge in [0.1, 0.15) is 5.82 Å². The maximum Gasteiger partial charge on any atom is 0.141 e. The molecule has 1 aromatic heterocycles. The normalized spacial score (nSPS) is 12.3. The van der Waals surface area contributed by atoms with Gasteiger partial charge in [-0.15, -0.1) is 0 Å². The van der Waals surface area contributed by atoms with Crippen LogP contribution in [0.15, 0.2) is 42.6 Å². The van der Waals surface area contributed by atoms with E-state index in [1.54, 1.807) is 6.07 Å². The van der Waals surface area contributed by atoms with Crippen LogP contribution in [0.5, 0.6) is 0 Å². The summed E-state index contributed by atoms with van der Waals surface area (Å²) in [6.07, 6.45) is 3.35. The average molecular weight is 272 g/mol. The quantitative estimate of drug-likeness (QED) is 0.863. The molecule has 0 fully saturated rings. The van der Waals surface area contributed by atoms with Gasteiger partial charge in [0, 0.05) is 0 Å². The second kappa shape index (κ2) is 7.15. The third-order valence-corrected chi connectivity index (χ3v) is 3.37. The van der Waals surface area contributed by atoms with Crippen molar-refractivity contribution in [2.24, 2.45) is 0 Å². The standard InChI is InChI=1S/C17H21FN2/c1-3-11-19-17(16-10-9-15(18)12-20-16)14-7-5-13(4-2)6-8-14/h5-10,12,17,19H,3-4,11H2,1-2H3. The van der Waals surface area contributed by atoms with Gasteiger partial charge in [0.15, 0.2) is 0 Å². The molecule has 1 unspecified atom stereocenters. The van der Waals surface area contributed by atoms with Crippen LogP contribution in [-0.4, -0.2) is 11.5 Å². The SMILES string of the molecule is CCCNC(c1ccc(CC)cc1)c1ccc(F)cn1. The van der Waals surface area contributed by atoms with Crippen molar-refractivity contribution in [2.45, 2.75) is 32.7 Å². The van der Waals surface area contributed by atoms with E-state index in [1.807, 2.05) is 0 Å². The largest absolute Gasteiger partial charge is 0.305 e. The Bertz CT molecular complexity index is 520. The van der Waals surface area contributed by atoms with Gasteiger partial charge in [-0.25, -0.2) is 4.39 Å². The second-order valence-electron chi connectivity index (χ2n) is 4.88. The van der Waals surface area contributed by atoms with E-state index >= 15 is 0 Å². The topological polar surface area (TPSA) is 24.9 Å². The zero-order chi connectivity index (χ0) is 14.4. The molecule has 0 saturated carbocycles. The molecule has 0 amide bonds. The van der Waals surface area contributed by atoms with E-state index in [1.165, 1.54) is 17.8 Å². The summed E-state index contributed by atoms with van der Waals surface area (Å²) in [5.74, 6) is -0.302. The van der Waals surface area contributed by atoms with E-state index in [0.717, 1.165) is 30.6 Å². The lowest BCUT2D eigenvalue weighted by Crippen LogP contribution is -2.24. The van der Waals surface area contributed by atoms with Crippen LogP contribution < -0.4 is 5.32 Å². The molecule has 2 nitrogen and oxygen atoms in total. The van der Waals surface area contributed by atoms with Crippen molar-refractivity contribution >= 4 is 0 Å². The molecule has 0 saturated heterocycles. The predicted molar refractivity (Wildman–Crippen MR) is 80.2 cm³/mol. The first kappa shape index (κ1) is 14.7. The molecule has 0 radical (unpaired) electrons. The van der Waals surface area contributed by atoms with Gasteiger partial charge in [-0.2, -0.15) is 0 Å². The molecule has 1 atom stereocenters. The van der Waals surface area contributed by atoms with E-state index in [9.17, 15) is 4.39 Å². The highest BCUT2D eigenvalue weighted by Gasteiger charge is 2.14. The van der Waals surface area contributed by atoms with Gasteiger partial charge in [-0.05, 0) is 42.6 Å². The highest BCUT2D eigenvalue weighted by atomic mass is 19.1. The Kier molecular flexibility index (Phi) is 5.24. The summed E-state index contributed by atoms with van der Waals surface area (Å²) in [6.45, 7) is 5.17. The summed E-state index contributed by atoms with van der Waals surface area (Å²) in [5, 5.41) is 3.47. The molecule has 0 aliphatic heterocycles. The number of pyridine rings is 1. The predicted octanol–water partition coefficient (Wildman–Crippen LogP) is 3.87. The Hall–Kier alpha value is -1.74. The Balaban J connectivity index is 2.27.